The Morgan fingerprint density at radius 3 is 3.00 bits per heavy atom. The van der Waals surface area contributed by atoms with Gasteiger partial charge in [-0.3, -0.25) is 14.6 Å². The van der Waals surface area contributed by atoms with E-state index >= 15 is 0 Å². The molecule has 1 saturated heterocycles. The molecule has 5 nitrogen and oxygen atoms in total. The first kappa shape index (κ1) is 16.9. The Morgan fingerprint density at radius 1 is 1.48 bits per heavy atom. The maximum Gasteiger partial charge on any atom is 0.0835 e. The van der Waals surface area contributed by atoms with Crippen molar-refractivity contribution in [1.29, 1.82) is 0 Å². The van der Waals surface area contributed by atoms with Gasteiger partial charge in [0, 0.05) is 42.1 Å². The van der Waals surface area contributed by atoms with Crippen LogP contribution in [-0.2, 0) is 13.6 Å². The quantitative estimate of drug-likeness (QED) is 0.838. The average molecular weight is 400 g/mol. The van der Waals surface area contributed by atoms with Crippen LogP contribution in [0.15, 0.2) is 29.1 Å². The number of halogens is 2. The number of aryl methyl sites for hydroxylation is 1. The molecule has 0 saturated carbocycles. The van der Waals surface area contributed by atoms with Gasteiger partial charge in [0.25, 0.3) is 0 Å². The predicted molar refractivity (Wildman–Crippen MR) is 93.2 cm³/mol. The lowest BCUT2D eigenvalue weighted by Crippen LogP contribution is -2.30. The molecule has 2 unspecified atom stereocenters. The second-order valence-electron chi connectivity index (χ2n) is 6.05. The minimum absolute atomic E-state index is 0.356. The van der Waals surface area contributed by atoms with Crippen molar-refractivity contribution in [1.82, 2.24) is 19.7 Å². The van der Waals surface area contributed by atoms with E-state index in [4.69, 9.17) is 11.6 Å². The van der Waals surface area contributed by atoms with Gasteiger partial charge < -0.3 is 5.11 Å². The van der Waals surface area contributed by atoms with Gasteiger partial charge >= 0.3 is 0 Å². The fourth-order valence-corrected chi connectivity index (χ4v) is 3.89. The number of hydrogen-bond donors (Lipinski definition) is 1. The molecule has 0 aromatic carbocycles. The molecule has 7 heteroatoms. The number of aliphatic hydroxyl groups is 1. The van der Waals surface area contributed by atoms with Gasteiger partial charge in [-0.2, -0.15) is 5.10 Å². The standard InChI is InChI=1S/C16H20BrClN4O/c1-21-9-11(7-20-21)16(23)6-13-3-2-4-22(13)10-15-14(17)5-12(18)8-19-15/h5,7-9,13,16,23H,2-4,6,10H2,1H3. The highest BCUT2D eigenvalue weighted by Gasteiger charge is 2.28. The Kier molecular flexibility index (Phi) is 5.36. The lowest BCUT2D eigenvalue weighted by molar-refractivity contribution is 0.117. The molecule has 1 N–H and O–H groups in total. The van der Waals surface area contributed by atoms with Crippen LogP contribution in [0.2, 0.25) is 5.02 Å². The van der Waals surface area contributed by atoms with Crippen LogP contribution in [0.1, 0.15) is 36.6 Å². The maximum atomic E-state index is 10.4. The summed E-state index contributed by atoms with van der Waals surface area (Å²) in [7, 11) is 1.86. The molecular formula is C16H20BrClN4O. The van der Waals surface area contributed by atoms with Crippen molar-refractivity contribution < 1.29 is 5.11 Å². The van der Waals surface area contributed by atoms with Crippen LogP contribution in [0.3, 0.4) is 0 Å². The van der Waals surface area contributed by atoms with Crippen molar-refractivity contribution in [2.45, 2.75) is 38.0 Å². The first-order valence-electron chi connectivity index (χ1n) is 7.73. The summed E-state index contributed by atoms with van der Waals surface area (Å²) in [5, 5.41) is 15.2. The van der Waals surface area contributed by atoms with E-state index in [0.29, 0.717) is 11.1 Å². The molecular weight excluding hydrogens is 380 g/mol. The fraction of sp³-hybridized carbons (Fsp3) is 0.500. The van der Waals surface area contributed by atoms with Crippen molar-refractivity contribution in [3.63, 3.8) is 0 Å². The Labute approximate surface area is 149 Å². The molecule has 2 aromatic heterocycles. The largest absolute Gasteiger partial charge is 0.388 e. The molecule has 0 aliphatic carbocycles. The van der Waals surface area contributed by atoms with Crippen LogP contribution >= 0.6 is 27.5 Å². The zero-order chi connectivity index (χ0) is 16.4. The molecule has 2 atom stereocenters. The number of rotatable bonds is 5. The van der Waals surface area contributed by atoms with Gasteiger partial charge in [0.15, 0.2) is 0 Å². The van der Waals surface area contributed by atoms with Gasteiger partial charge in [0.05, 0.1) is 23.0 Å². The summed E-state index contributed by atoms with van der Waals surface area (Å²) in [6.07, 6.45) is 7.78. The van der Waals surface area contributed by atoms with E-state index < -0.39 is 6.10 Å². The molecule has 3 heterocycles. The summed E-state index contributed by atoms with van der Waals surface area (Å²) in [6.45, 7) is 1.79. The van der Waals surface area contributed by atoms with E-state index in [2.05, 4.69) is 30.9 Å². The summed E-state index contributed by atoms with van der Waals surface area (Å²) in [6, 6.07) is 2.23. The van der Waals surface area contributed by atoms with Crippen LogP contribution in [0, 0.1) is 0 Å². The van der Waals surface area contributed by atoms with Crippen LogP contribution in [0.4, 0.5) is 0 Å². The number of hydrogen-bond acceptors (Lipinski definition) is 4. The van der Waals surface area contributed by atoms with E-state index in [9.17, 15) is 5.11 Å². The summed E-state index contributed by atoms with van der Waals surface area (Å²) < 4.78 is 2.66. The van der Waals surface area contributed by atoms with E-state index in [-0.39, 0.29) is 0 Å². The number of pyridine rings is 1. The molecule has 23 heavy (non-hydrogen) atoms. The van der Waals surface area contributed by atoms with Crippen molar-refractivity contribution in [3.8, 4) is 0 Å². The fourth-order valence-electron chi connectivity index (χ4n) is 3.13. The van der Waals surface area contributed by atoms with Crippen molar-refractivity contribution >= 4 is 27.5 Å². The highest BCUT2D eigenvalue weighted by Crippen LogP contribution is 2.29. The lowest BCUT2D eigenvalue weighted by Gasteiger charge is -2.26. The first-order valence-corrected chi connectivity index (χ1v) is 8.90. The van der Waals surface area contributed by atoms with Crippen LogP contribution in [0.5, 0.6) is 0 Å². The second kappa shape index (κ2) is 7.30. The monoisotopic (exact) mass is 398 g/mol. The zero-order valence-electron chi connectivity index (χ0n) is 13.0. The van der Waals surface area contributed by atoms with Gasteiger partial charge in [0.1, 0.15) is 0 Å². The first-order chi connectivity index (χ1) is 11.0. The Bertz CT molecular complexity index is 678. The smallest absolute Gasteiger partial charge is 0.0835 e. The zero-order valence-corrected chi connectivity index (χ0v) is 15.3. The maximum absolute atomic E-state index is 10.4. The molecule has 2 aromatic rings. The van der Waals surface area contributed by atoms with E-state index in [1.54, 1.807) is 17.1 Å². The predicted octanol–water partition coefficient (Wildman–Crippen LogP) is 3.32. The molecule has 3 rings (SSSR count). The second-order valence-corrected chi connectivity index (χ2v) is 7.34. The van der Waals surface area contributed by atoms with Crippen molar-refractivity contribution in [2.75, 3.05) is 6.54 Å². The minimum atomic E-state index is -0.476. The molecule has 124 valence electrons. The molecule has 1 aliphatic rings. The summed E-state index contributed by atoms with van der Waals surface area (Å²) in [5.74, 6) is 0. The van der Waals surface area contributed by atoms with Gasteiger partial charge in [0.2, 0.25) is 0 Å². The molecule has 0 spiro atoms. The van der Waals surface area contributed by atoms with E-state index in [1.807, 2.05) is 19.3 Å². The van der Waals surface area contributed by atoms with Crippen LogP contribution in [0.25, 0.3) is 0 Å². The van der Waals surface area contributed by atoms with E-state index in [1.165, 1.54) is 0 Å². The normalized spacial score (nSPS) is 20.1. The third-order valence-electron chi connectivity index (χ3n) is 4.34. The van der Waals surface area contributed by atoms with E-state index in [0.717, 1.165) is 48.1 Å². The number of likely N-dealkylation sites (tertiary alicyclic amines) is 1. The van der Waals surface area contributed by atoms with Gasteiger partial charge in [-0.25, -0.2) is 0 Å². The lowest BCUT2D eigenvalue weighted by atomic mass is 10.0. The Balaban J connectivity index is 1.65. The highest BCUT2D eigenvalue weighted by molar-refractivity contribution is 9.10. The molecule has 1 fully saturated rings. The SMILES string of the molecule is Cn1cc(C(O)CC2CCCN2Cc2ncc(Cl)cc2Br)cn1. The van der Waals surface area contributed by atoms with Crippen LogP contribution < -0.4 is 0 Å². The summed E-state index contributed by atoms with van der Waals surface area (Å²) in [5.41, 5.74) is 1.86. The van der Waals surface area contributed by atoms with Gasteiger partial charge in [-0.1, -0.05) is 11.6 Å². The third kappa shape index (κ3) is 4.12. The van der Waals surface area contributed by atoms with Crippen LogP contribution in [-0.4, -0.2) is 37.4 Å². The minimum Gasteiger partial charge on any atom is -0.388 e. The van der Waals surface area contributed by atoms with Crippen molar-refractivity contribution in [3.05, 3.63) is 45.4 Å². The summed E-state index contributed by atoms with van der Waals surface area (Å²) >= 11 is 9.48. The van der Waals surface area contributed by atoms with Gasteiger partial charge in [-0.15, -0.1) is 0 Å². The molecule has 1 aliphatic heterocycles. The topological polar surface area (TPSA) is 54.2 Å². The number of nitrogens with zero attached hydrogens (tertiary/aromatic N) is 4. The molecule has 0 amide bonds. The molecule has 0 bridgehead atoms. The number of aliphatic hydroxyl groups excluding tert-OH is 1. The third-order valence-corrected chi connectivity index (χ3v) is 5.23. The molecule has 0 radical (unpaired) electrons. The highest BCUT2D eigenvalue weighted by atomic mass is 79.9. The number of aromatic nitrogens is 3. The summed E-state index contributed by atoms with van der Waals surface area (Å²) in [4.78, 5) is 6.81. The van der Waals surface area contributed by atoms with Gasteiger partial charge in [-0.05, 0) is 47.8 Å². The average Bonchev–Trinajstić information content (AvgIpc) is 3.11. The van der Waals surface area contributed by atoms with Crippen molar-refractivity contribution in [2.24, 2.45) is 7.05 Å². The Hall–Kier alpha value is -0.950. The Morgan fingerprint density at radius 2 is 2.30 bits per heavy atom.